The summed E-state index contributed by atoms with van der Waals surface area (Å²) in [6, 6.07) is 6.83. The van der Waals surface area contributed by atoms with Crippen LogP contribution in [0.1, 0.15) is 19.5 Å². The minimum atomic E-state index is -0.450. The molecule has 7 heteroatoms. The van der Waals surface area contributed by atoms with Crippen LogP contribution in [0, 0.1) is 5.92 Å². The Hall–Kier alpha value is -2.41. The van der Waals surface area contributed by atoms with Gasteiger partial charge in [-0.05, 0) is 18.1 Å². The molecule has 0 bridgehead atoms. The third-order valence-corrected chi connectivity index (χ3v) is 4.85. The maximum Gasteiger partial charge on any atom is 0.325 e. The van der Waals surface area contributed by atoms with Gasteiger partial charge >= 0.3 is 6.03 Å². The molecule has 2 heterocycles. The Kier molecular flexibility index (Phi) is 4.53. The maximum absolute atomic E-state index is 12.3. The minimum Gasteiger partial charge on any atom is -0.497 e. The molecule has 0 spiro atoms. The van der Waals surface area contributed by atoms with E-state index in [9.17, 15) is 9.59 Å². The summed E-state index contributed by atoms with van der Waals surface area (Å²) in [6.07, 6.45) is 0. The summed E-state index contributed by atoms with van der Waals surface area (Å²) in [5, 5.41) is 5.43. The van der Waals surface area contributed by atoms with Gasteiger partial charge in [0.15, 0.2) is 0 Å². The molecule has 126 valence electrons. The highest BCUT2D eigenvalue weighted by Crippen LogP contribution is 2.27. The monoisotopic (exact) mass is 345 g/mol. The zero-order valence-electron chi connectivity index (χ0n) is 13.8. The second-order valence-corrected chi connectivity index (χ2v) is 6.83. The number of nitrogens with zero attached hydrogens (tertiary/aromatic N) is 2. The lowest BCUT2D eigenvalue weighted by Gasteiger charge is -2.13. The van der Waals surface area contributed by atoms with E-state index < -0.39 is 6.04 Å². The molecule has 0 aliphatic carbocycles. The number of hydrogen-bond donors (Lipinski definition) is 1. The third kappa shape index (κ3) is 3.12. The molecule has 1 unspecified atom stereocenters. The largest absolute Gasteiger partial charge is 0.497 e. The van der Waals surface area contributed by atoms with Gasteiger partial charge in [-0.1, -0.05) is 26.0 Å². The average Bonchev–Trinajstić information content (AvgIpc) is 3.15. The zero-order chi connectivity index (χ0) is 17.3. The van der Waals surface area contributed by atoms with E-state index in [0.717, 1.165) is 16.3 Å². The van der Waals surface area contributed by atoms with Crippen molar-refractivity contribution in [3.05, 3.63) is 35.3 Å². The molecule has 1 saturated heterocycles. The van der Waals surface area contributed by atoms with Crippen LogP contribution in [0.15, 0.2) is 29.6 Å². The summed E-state index contributed by atoms with van der Waals surface area (Å²) < 4.78 is 5.22. The van der Waals surface area contributed by atoms with E-state index in [0.29, 0.717) is 5.69 Å². The van der Waals surface area contributed by atoms with Gasteiger partial charge in [-0.3, -0.25) is 9.69 Å². The Morgan fingerprint density at radius 3 is 2.83 bits per heavy atom. The molecule has 1 aliphatic rings. The van der Waals surface area contributed by atoms with E-state index in [-0.39, 0.29) is 24.4 Å². The van der Waals surface area contributed by atoms with Crippen molar-refractivity contribution in [1.29, 1.82) is 0 Å². The number of methoxy groups -OCH3 is 1. The molecule has 1 aromatic carbocycles. The van der Waals surface area contributed by atoms with Gasteiger partial charge < -0.3 is 10.1 Å². The second kappa shape index (κ2) is 6.60. The number of ether oxygens (including phenoxy) is 1. The number of hydrogen-bond acceptors (Lipinski definition) is 5. The van der Waals surface area contributed by atoms with Gasteiger partial charge in [0.2, 0.25) is 0 Å². The summed E-state index contributed by atoms with van der Waals surface area (Å²) in [5.41, 5.74) is 1.65. The Morgan fingerprint density at radius 1 is 1.38 bits per heavy atom. The number of benzene rings is 1. The average molecular weight is 345 g/mol. The number of carbonyl (C=O) groups excluding carboxylic acids is 2. The highest BCUT2D eigenvalue weighted by Gasteiger charge is 2.39. The molecule has 1 aromatic heterocycles. The van der Waals surface area contributed by atoms with Crippen molar-refractivity contribution in [1.82, 2.24) is 15.2 Å². The Labute approximate surface area is 144 Å². The molecule has 0 saturated carbocycles. The van der Waals surface area contributed by atoms with Crippen molar-refractivity contribution in [2.24, 2.45) is 5.92 Å². The SMILES string of the molecule is COc1cccc(-c2nc(CN3C(=O)NC(C(C)C)C3=O)cs2)c1. The van der Waals surface area contributed by atoms with E-state index in [2.05, 4.69) is 10.3 Å². The van der Waals surface area contributed by atoms with Gasteiger partial charge in [-0.2, -0.15) is 0 Å². The Morgan fingerprint density at radius 2 is 2.17 bits per heavy atom. The predicted molar refractivity (Wildman–Crippen MR) is 91.8 cm³/mol. The molecule has 3 rings (SSSR count). The Bertz CT molecular complexity index is 772. The molecule has 1 fully saturated rings. The highest BCUT2D eigenvalue weighted by molar-refractivity contribution is 7.13. The van der Waals surface area contributed by atoms with E-state index >= 15 is 0 Å². The highest BCUT2D eigenvalue weighted by atomic mass is 32.1. The van der Waals surface area contributed by atoms with Gasteiger partial charge in [-0.25, -0.2) is 9.78 Å². The second-order valence-electron chi connectivity index (χ2n) is 5.97. The minimum absolute atomic E-state index is 0.0641. The van der Waals surface area contributed by atoms with Crippen LogP contribution in [-0.4, -0.2) is 35.0 Å². The predicted octanol–water partition coefficient (Wildman–Crippen LogP) is 2.90. The van der Waals surface area contributed by atoms with Crippen LogP contribution in [0.3, 0.4) is 0 Å². The summed E-state index contributed by atoms with van der Waals surface area (Å²) >= 11 is 1.48. The van der Waals surface area contributed by atoms with Crippen molar-refractivity contribution >= 4 is 23.3 Å². The van der Waals surface area contributed by atoms with E-state index in [1.54, 1.807) is 7.11 Å². The van der Waals surface area contributed by atoms with Gasteiger partial charge in [-0.15, -0.1) is 11.3 Å². The molecule has 1 atom stereocenters. The quantitative estimate of drug-likeness (QED) is 0.846. The molecule has 3 amide bonds. The van der Waals surface area contributed by atoms with Crippen LogP contribution in [0.4, 0.5) is 4.79 Å². The van der Waals surface area contributed by atoms with Gasteiger partial charge in [0, 0.05) is 10.9 Å². The number of rotatable bonds is 5. The number of amides is 3. The van der Waals surface area contributed by atoms with E-state index in [4.69, 9.17) is 4.74 Å². The summed E-state index contributed by atoms with van der Waals surface area (Å²) in [4.78, 5) is 30.1. The molecule has 1 N–H and O–H groups in total. The van der Waals surface area contributed by atoms with Crippen molar-refractivity contribution in [2.45, 2.75) is 26.4 Å². The van der Waals surface area contributed by atoms with Gasteiger partial charge in [0.25, 0.3) is 5.91 Å². The fraction of sp³-hybridized carbons (Fsp3) is 0.353. The lowest BCUT2D eigenvalue weighted by molar-refractivity contribution is -0.128. The van der Waals surface area contributed by atoms with Crippen molar-refractivity contribution in [2.75, 3.05) is 7.11 Å². The van der Waals surface area contributed by atoms with Crippen LogP contribution in [0.2, 0.25) is 0 Å². The molecule has 2 aromatic rings. The van der Waals surface area contributed by atoms with Gasteiger partial charge in [0.1, 0.15) is 16.8 Å². The first kappa shape index (κ1) is 16.4. The number of carbonyl (C=O) groups is 2. The third-order valence-electron chi connectivity index (χ3n) is 3.91. The Balaban J connectivity index is 1.77. The first-order chi connectivity index (χ1) is 11.5. The number of thiazole rings is 1. The van der Waals surface area contributed by atoms with Crippen molar-refractivity contribution < 1.29 is 14.3 Å². The number of urea groups is 1. The number of aromatic nitrogens is 1. The van der Waals surface area contributed by atoms with Crippen LogP contribution in [-0.2, 0) is 11.3 Å². The van der Waals surface area contributed by atoms with Crippen LogP contribution < -0.4 is 10.1 Å². The summed E-state index contributed by atoms with van der Waals surface area (Å²) in [6.45, 7) is 4.01. The molecule has 1 aliphatic heterocycles. The fourth-order valence-electron chi connectivity index (χ4n) is 2.57. The lowest BCUT2D eigenvalue weighted by Crippen LogP contribution is -2.34. The molecule has 0 radical (unpaired) electrons. The smallest absolute Gasteiger partial charge is 0.325 e. The standard InChI is InChI=1S/C17H19N3O3S/c1-10(2)14-16(21)20(17(22)19-14)8-12-9-24-15(18-12)11-5-4-6-13(7-11)23-3/h4-7,9-10,14H,8H2,1-3H3,(H,19,22). The number of nitrogens with one attached hydrogen (secondary N) is 1. The zero-order valence-corrected chi connectivity index (χ0v) is 14.6. The molecule has 6 nitrogen and oxygen atoms in total. The van der Waals surface area contributed by atoms with Crippen LogP contribution in [0.5, 0.6) is 5.75 Å². The molecular formula is C17H19N3O3S. The van der Waals surface area contributed by atoms with Crippen molar-refractivity contribution in [3.8, 4) is 16.3 Å². The topological polar surface area (TPSA) is 71.5 Å². The summed E-state index contributed by atoms with van der Waals surface area (Å²) in [7, 11) is 1.62. The first-order valence-corrected chi connectivity index (χ1v) is 8.58. The number of imide groups is 1. The normalized spacial score (nSPS) is 17.5. The van der Waals surface area contributed by atoms with Crippen LogP contribution in [0.25, 0.3) is 10.6 Å². The fourth-order valence-corrected chi connectivity index (χ4v) is 3.38. The van der Waals surface area contributed by atoms with Crippen LogP contribution >= 0.6 is 11.3 Å². The lowest BCUT2D eigenvalue weighted by atomic mass is 10.1. The van der Waals surface area contributed by atoms with E-state index in [1.165, 1.54) is 16.2 Å². The molecule has 24 heavy (non-hydrogen) atoms. The maximum atomic E-state index is 12.3. The van der Waals surface area contributed by atoms with E-state index in [1.807, 2.05) is 43.5 Å². The molecular weight excluding hydrogens is 326 g/mol. The van der Waals surface area contributed by atoms with Crippen molar-refractivity contribution in [3.63, 3.8) is 0 Å². The van der Waals surface area contributed by atoms with Gasteiger partial charge in [0.05, 0.1) is 19.3 Å². The first-order valence-electron chi connectivity index (χ1n) is 7.70. The summed E-state index contributed by atoms with van der Waals surface area (Å²) in [5.74, 6) is 0.637.